The van der Waals surface area contributed by atoms with E-state index in [0.717, 1.165) is 5.56 Å². The van der Waals surface area contributed by atoms with E-state index in [2.05, 4.69) is 25.7 Å². The van der Waals surface area contributed by atoms with Crippen LogP contribution in [0.5, 0.6) is 11.5 Å². The minimum absolute atomic E-state index is 0.119. The standard InChI is InChI=1S/C16H17BrN2O5S/c1-18-16-19(2)15(21)12(25-16)7-9-5-10(17)14(11(6-9)22-3)24-8-13(20)23-4/h5-7H,8H2,1-4H3/b12-7+,18-16?. The van der Waals surface area contributed by atoms with Crippen LogP contribution in [-0.4, -0.2) is 56.9 Å². The summed E-state index contributed by atoms with van der Waals surface area (Å²) in [5.41, 5.74) is 0.746. The SMILES string of the molecule is CN=C1S/C(=C/c2cc(Br)c(OCC(=O)OC)c(OC)c2)C(=O)N1C. The van der Waals surface area contributed by atoms with Gasteiger partial charge in [-0.2, -0.15) is 0 Å². The van der Waals surface area contributed by atoms with Crippen molar-refractivity contribution >= 4 is 50.8 Å². The Hall–Kier alpha value is -2.00. The molecule has 1 aromatic rings. The van der Waals surface area contributed by atoms with Crippen LogP contribution in [-0.2, 0) is 14.3 Å². The van der Waals surface area contributed by atoms with Crippen LogP contribution < -0.4 is 9.47 Å². The van der Waals surface area contributed by atoms with Crippen molar-refractivity contribution in [3.8, 4) is 11.5 Å². The van der Waals surface area contributed by atoms with E-state index < -0.39 is 5.97 Å². The second kappa shape index (κ2) is 8.39. The van der Waals surface area contributed by atoms with Crippen LogP contribution in [0.25, 0.3) is 6.08 Å². The number of nitrogens with zero attached hydrogens (tertiary/aromatic N) is 2. The fourth-order valence-electron chi connectivity index (χ4n) is 2.05. The first-order valence-electron chi connectivity index (χ1n) is 7.12. The fourth-order valence-corrected chi connectivity index (χ4v) is 3.56. The number of amidine groups is 1. The largest absolute Gasteiger partial charge is 0.493 e. The number of amides is 1. The molecule has 0 N–H and O–H groups in total. The number of likely N-dealkylation sites (N-methyl/N-ethyl adjacent to an activating group) is 1. The number of thioether (sulfide) groups is 1. The summed E-state index contributed by atoms with van der Waals surface area (Å²) in [7, 11) is 6.10. The van der Waals surface area contributed by atoms with E-state index in [9.17, 15) is 9.59 Å². The minimum atomic E-state index is -0.498. The second-order valence-electron chi connectivity index (χ2n) is 4.88. The maximum absolute atomic E-state index is 12.2. The molecule has 0 aliphatic carbocycles. The average molecular weight is 429 g/mol. The number of hydrogen-bond donors (Lipinski definition) is 0. The van der Waals surface area contributed by atoms with Crippen molar-refractivity contribution in [1.82, 2.24) is 4.90 Å². The van der Waals surface area contributed by atoms with Crippen LogP contribution in [0, 0.1) is 0 Å². The molecular weight excluding hydrogens is 412 g/mol. The van der Waals surface area contributed by atoms with Crippen LogP contribution in [0.15, 0.2) is 26.5 Å². The monoisotopic (exact) mass is 428 g/mol. The zero-order valence-electron chi connectivity index (χ0n) is 14.2. The molecule has 0 saturated carbocycles. The maximum atomic E-state index is 12.2. The molecule has 1 heterocycles. The minimum Gasteiger partial charge on any atom is -0.493 e. The molecule has 7 nitrogen and oxygen atoms in total. The molecule has 1 aliphatic heterocycles. The molecule has 134 valence electrons. The summed E-state index contributed by atoms with van der Waals surface area (Å²) in [5.74, 6) is 0.195. The highest BCUT2D eigenvalue weighted by Gasteiger charge is 2.29. The third-order valence-corrected chi connectivity index (χ3v) is 5.05. The number of carbonyl (C=O) groups excluding carboxylic acids is 2. The van der Waals surface area contributed by atoms with Gasteiger partial charge in [-0.05, 0) is 51.5 Å². The Morgan fingerprint density at radius 1 is 1.40 bits per heavy atom. The zero-order chi connectivity index (χ0) is 18.6. The summed E-state index contributed by atoms with van der Waals surface area (Å²) in [4.78, 5) is 29.6. The summed E-state index contributed by atoms with van der Waals surface area (Å²) >= 11 is 4.70. The van der Waals surface area contributed by atoms with Crippen molar-refractivity contribution in [2.45, 2.75) is 0 Å². The molecular formula is C16H17BrN2O5S. The Labute approximate surface area is 158 Å². The molecule has 1 saturated heterocycles. The lowest BCUT2D eigenvalue weighted by Crippen LogP contribution is -2.23. The van der Waals surface area contributed by atoms with E-state index in [1.807, 2.05) is 0 Å². The van der Waals surface area contributed by atoms with Crippen LogP contribution in [0.2, 0.25) is 0 Å². The van der Waals surface area contributed by atoms with Gasteiger partial charge in [0.2, 0.25) is 0 Å². The quantitative estimate of drug-likeness (QED) is 0.529. The van der Waals surface area contributed by atoms with Gasteiger partial charge >= 0.3 is 5.97 Å². The van der Waals surface area contributed by atoms with E-state index in [4.69, 9.17) is 9.47 Å². The third kappa shape index (κ3) is 4.35. The van der Waals surface area contributed by atoms with Gasteiger partial charge in [0.15, 0.2) is 23.3 Å². The normalized spacial score (nSPS) is 17.3. The molecule has 2 rings (SSSR count). The highest BCUT2D eigenvalue weighted by Crippen LogP contribution is 2.38. The lowest BCUT2D eigenvalue weighted by molar-refractivity contribution is -0.143. The van der Waals surface area contributed by atoms with E-state index >= 15 is 0 Å². The van der Waals surface area contributed by atoms with E-state index in [1.165, 1.54) is 30.9 Å². The highest BCUT2D eigenvalue weighted by molar-refractivity contribution is 9.10. The molecule has 9 heteroatoms. The Balaban J connectivity index is 2.32. The van der Waals surface area contributed by atoms with Crippen molar-refractivity contribution in [2.24, 2.45) is 4.99 Å². The topological polar surface area (TPSA) is 77.4 Å². The number of esters is 1. The predicted molar refractivity (Wildman–Crippen MR) is 99.9 cm³/mol. The molecule has 0 unspecified atom stereocenters. The smallest absolute Gasteiger partial charge is 0.343 e. The summed E-state index contributed by atoms with van der Waals surface area (Å²) in [6.07, 6.45) is 1.75. The Morgan fingerprint density at radius 3 is 2.68 bits per heavy atom. The van der Waals surface area contributed by atoms with Gasteiger partial charge in [-0.25, -0.2) is 4.79 Å². The summed E-state index contributed by atoms with van der Waals surface area (Å²) in [5, 5.41) is 0.639. The molecule has 1 amide bonds. The Bertz CT molecular complexity index is 763. The number of aliphatic imine (C=N–C) groups is 1. The summed E-state index contributed by atoms with van der Waals surface area (Å²) in [6.45, 7) is -0.235. The molecule has 1 fully saturated rings. The van der Waals surface area contributed by atoms with Gasteiger partial charge in [-0.1, -0.05) is 0 Å². The van der Waals surface area contributed by atoms with Gasteiger partial charge < -0.3 is 14.2 Å². The van der Waals surface area contributed by atoms with E-state index in [-0.39, 0.29) is 12.5 Å². The average Bonchev–Trinajstić information content (AvgIpc) is 2.87. The van der Waals surface area contributed by atoms with Gasteiger partial charge in [0, 0.05) is 14.1 Å². The first-order valence-corrected chi connectivity index (χ1v) is 8.73. The van der Waals surface area contributed by atoms with Crippen molar-refractivity contribution in [2.75, 3.05) is 34.9 Å². The van der Waals surface area contributed by atoms with Gasteiger partial charge in [-0.3, -0.25) is 14.7 Å². The lowest BCUT2D eigenvalue weighted by Gasteiger charge is -2.13. The van der Waals surface area contributed by atoms with E-state index in [1.54, 1.807) is 32.3 Å². The fraction of sp³-hybridized carbons (Fsp3) is 0.312. The zero-order valence-corrected chi connectivity index (χ0v) is 16.6. The Morgan fingerprint density at radius 2 is 2.12 bits per heavy atom. The number of ether oxygens (including phenoxy) is 3. The third-order valence-electron chi connectivity index (χ3n) is 3.31. The van der Waals surface area contributed by atoms with E-state index in [0.29, 0.717) is 26.0 Å². The van der Waals surface area contributed by atoms with Gasteiger partial charge in [0.1, 0.15) is 0 Å². The van der Waals surface area contributed by atoms with Crippen LogP contribution in [0.4, 0.5) is 0 Å². The van der Waals surface area contributed by atoms with Gasteiger partial charge in [-0.15, -0.1) is 0 Å². The highest BCUT2D eigenvalue weighted by atomic mass is 79.9. The molecule has 1 aromatic carbocycles. The van der Waals surface area contributed by atoms with Crippen LogP contribution >= 0.6 is 27.7 Å². The number of benzene rings is 1. The van der Waals surface area contributed by atoms with Crippen molar-refractivity contribution in [3.05, 3.63) is 27.1 Å². The first kappa shape index (κ1) is 19.3. The number of rotatable bonds is 5. The van der Waals surface area contributed by atoms with Gasteiger partial charge in [0.25, 0.3) is 5.91 Å². The molecule has 0 spiro atoms. The molecule has 1 aliphatic rings. The summed E-state index contributed by atoms with van der Waals surface area (Å²) < 4.78 is 15.9. The van der Waals surface area contributed by atoms with Crippen molar-refractivity contribution in [1.29, 1.82) is 0 Å². The Kier molecular flexibility index (Phi) is 6.49. The number of carbonyl (C=O) groups is 2. The lowest BCUT2D eigenvalue weighted by atomic mass is 10.2. The van der Waals surface area contributed by atoms with Gasteiger partial charge in [0.05, 0.1) is 23.6 Å². The van der Waals surface area contributed by atoms with Crippen molar-refractivity contribution in [3.63, 3.8) is 0 Å². The molecule has 25 heavy (non-hydrogen) atoms. The number of methoxy groups -OCH3 is 2. The molecule has 0 bridgehead atoms. The first-order chi connectivity index (χ1) is 11.9. The molecule has 0 aromatic heterocycles. The van der Waals surface area contributed by atoms with Crippen LogP contribution in [0.3, 0.4) is 0 Å². The van der Waals surface area contributed by atoms with Crippen LogP contribution in [0.1, 0.15) is 5.56 Å². The number of hydrogen-bond acceptors (Lipinski definition) is 7. The predicted octanol–water partition coefficient (Wildman–Crippen LogP) is 2.54. The molecule has 0 radical (unpaired) electrons. The summed E-state index contributed by atoms with van der Waals surface area (Å²) in [6, 6.07) is 3.50. The molecule has 0 atom stereocenters. The second-order valence-corrected chi connectivity index (χ2v) is 6.74. The maximum Gasteiger partial charge on any atom is 0.343 e. The number of halogens is 1. The van der Waals surface area contributed by atoms with Crippen molar-refractivity contribution < 1.29 is 23.8 Å².